The Morgan fingerprint density at radius 1 is 1.48 bits per heavy atom. The van der Waals surface area contributed by atoms with Crippen LogP contribution in [0.15, 0.2) is 28.8 Å². The Morgan fingerprint density at radius 3 is 3.00 bits per heavy atom. The van der Waals surface area contributed by atoms with Crippen molar-refractivity contribution < 1.29 is 14.1 Å². The predicted octanol–water partition coefficient (Wildman–Crippen LogP) is 2.64. The van der Waals surface area contributed by atoms with E-state index in [1.165, 1.54) is 18.3 Å². The predicted molar refractivity (Wildman–Crippen MR) is 77.2 cm³/mol. The van der Waals surface area contributed by atoms with Crippen molar-refractivity contribution in [1.29, 1.82) is 0 Å². The molecule has 0 aliphatic heterocycles. The molecular formula is C13H14ClN3O4. The Hall–Kier alpha value is -1.96. The summed E-state index contributed by atoms with van der Waals surface area (Å²) in [5.41, 5.74) is 0.429. The molecule has 0 saturated carbocycles. The third-order valence-electron chi connectivity index (χ3n) is 2.69. The number of hydrogen-bond acceptors (Lipinski definition) is 6. The lowest BCUT2D eigenvalue weighted by atomic mass is 10.1. The van der Waals surface area contributed by atoms with Crippen molar-refractivity contribution in [1.82, 2.24) is 10.3 Å². The summed E-state index contributed by atoms with van der Waals surface area (Å²) in [4.78, 5) is 14.4. The van der Waals surface area contributed by atoms with Gasteiger partial charge >= 0.3 is 0 Å². The molecule has 0 radical (unpaired) electrons. The third kappa shape index (κ3) is 4.25. The molecule has 1 N–H and O–H groups in total. The first kappa shape index (κ1) is 15.4. The second-order valence-electron chi connectivity index (χ2n) is 4.24. The van der Waals surface area contributed by atoms with Crippen LogP contribution in [-0.2, 0) is 11.3 Å². The monoisotopic (exact) mass is 311 g/mol. The maximum absolute atomic E-state index is 10.8. The molecule has 8 heteroatoms. The summed E-state index contributed by atoms with van der Waals surface area (Å²) in [6.45, 7) is 1.72. The highest BCUT2D eigenvalue weighted by Gasteiger charge is 2.13. The standard InChI is InChI=1S/C13H14ClN3O4/c1-20-3-2-15-8-13-16-7-12(21-13)9-4-10(14)6-11(5-9)17(18)19/h4-7,15H,2-3,8H2,1H3. The third-order valence-corrected chi connectivity index (χ3v) is 2.91. The number of nitrogens with zero attached hydrogens (tertiary/aromatic N) is 2. The van der Waals surface area contributed by atoms with Crippen molar-refractivity contribution in [2.24, 2.45) is 0 Å². The van der Waals surface area contributed by atoms with E-state index in [0.29, 0.717) is 36.9 Å². The van der Waals surface area contributed by atoms with Gasteiger partial charge in [0.05, 0.1) is 24.3 Å². The van der Waals surface area contributed by atoms with Gasteiger partial charge in [-0.1, -0.05) is 11.6 Å². The van der Waals surface area contributed by atoms with Crippen LogP contribution in [-0.4, -0.2) is 30.2 Å². The molecule has 0 bridgehead atoms. The second kappa shape index (κ2) is 7.16. The van der Waals surface area contributed by atoms with Crippen LogP contribution in [0.4, 0.5) is 5.69 Å². The smallest absolute Gasteiger partial charge is 0.271 e. The number of hydrogen-bond donors (Lipinski definition) is 1. The van der Waals surface area contributed by atoms with Crippen LogP contribution in [0, 0.1) is 10.1 Å². The Kier molecular flexibility index (Phi) is 5.26. The lowest BCUT2D eigenvalue weighted by Gasteiger charge is -2.00. The number of nitro benzene ring substituents is 1. The zero-order valence-electron chi connectivity index (χ0n) is 11.3. The summed E-state index contributed by atoms with van der Waals surface area (Å²) in [6.07, 6.45) is 1.52. The Balaban J connectivity index is 2.12. The van der Waals surface area contributed by atoms with Gasteiger partial charge in [-0.2, -0.15) is 0 Å². The van der Waals surface area contributed by atoms with Crippen LogP contribution in [0.25, 0.3) is 11.3 Å². The fourth-order valence-corrected chi connectivity index (χ4v) is 1.95. The fraction of sp³-hybridized carbons (Fsp3) is 0.308. The normalized spacial score (nSPS) is 10.8. The molecule has 1 heterocycles. The Morgan fingerprint density at radius 2 is 2.29 bits per heavy atom. The number of non-ortho nitro benzene ring substituents is 1. The number of halogens is 1. The molecule has 0 unspecified atom stereocenters. The van der Waals surface area contributed by atoms with Crippen molar-refractivity contribution in [3.8, 4) is 11.3 Å². The van der Waals surface area contributed by atoms with Gasteiger partial charge in [0.2, 0.25) is 5.89 Å². The number of methoxy groups -OCH3 is 1. The quantitative estimate of drug-likeness (QED) is 0.480. The first-order valence-electron chi connectivity index (χ1n) is 6.20. The number of nitro groups is 1. The van der Waals surface area contributed by atoms with E-state index in [-0.39, 0.29) is 10.7 Å². The van der Waals surface area contributed by atoms with Crippen LogP contribution in [0.1, 0.15) is 5.89 Å². The molecule has 0 fully saturated rings. The first-order valence-corrected chi connectivity index (χ1v) is 6.57. The van der Waals surface area contributed by atoms with Crippen LogP contribution in [0.2, 0.25) is 5.02 Å². The topological polar surface area (TPSA) is 90.4 Å². The summed E-state index contributed by atoms with van der Waals surface area (Å²) < 4.78 is 10.5. The minimum absolute atomic E-state index is 0.0892. The average Bonchev–Trinajstić information content (AvgIpc) is 2.92. The molecule has 112 valence electrons. The van der Waals surface area contributed by atoms with Gasteiger partial charge < -0.3 is 14.5 Å². The van der Waals surface area contributed by atoms with Crippen LogP contribution >= 0.6 is 11.6 Å². The fourth-order valence-electron chi connectivity index (χ4n) is 1.72. The Labute approximate surface area is 126 Å². The molecule has 7 nitrogen and oxygen atoms in total. The molecule has 2 aromatic rings. The van der Waals surface area contributed by atoms with Gasteiger partial charge in [-0.05, 0) is 6.07 Å². The van der Waals surface area contributed by atoms with E-state index in [4.69, 9.17) is 20.8 Å². The number of nitrogens with one attached hydrogen (secondary N) is 1. The van der Waals surface area contributed by atoms with Gasteiger partial charge in [0.25, 0.3) is 5.69 Å². The summed E-state index contributed by atoms with van der Waals surface area (Å²) in [7, 11) is 1.62. The van der Waals surface area contributed by atoms with E-state index < -0.39 is 4.92 Å². The van der Waals surface area contributed by atoms with Gasteiger partial charge in [0, 0.05) is 36.4 Å². The van der Waals surface area contributed by atoms with E-state index in [1.807, 2.05) is 0 Å². The molecule has 1 aromatic carbocycles. The summed E-state index contributed by atoms with van der Waals surface area (Å²) in [5.74, 6) is 0.924. The summed E-state index contributed by atoms with van der Waals surface area (Å²) >= 11 is 5.88. The molecule has 2 rings (SSSR count). The highest BCUT2D eigenvalue weighted by atomic mass is 35.5. The van der Waals surface area contributed by atoms with Crippen LogP contribution in [0.5, 0.6) is 0 Å². The van der Waals surface area contributed by atoms with Crippen LogP contribution < -0.4 is 5.32 Å². The molecule has 0 amide bonds. The van der Waals surface area contributed by atoms with Crippen molar-refractivity contribution >= 4 is 17.3 Å². The van der Waals surface area contributed by atoms with Gasteiger partial charge in [0.1, 0.15) is 0 Å². The molecule has 0 aliphatic carbocycles. The lowest BCUT2D eigenvalue weighted by Crippen LogP contribution is -2.18. The molecule has 21 heavy (non-hydrogen) atoms. The van der Waals surface area contributed by atoms with E-state index in [9.17, 15) is 10.1 Å². The highest BCUT2D eigenvalue weighted by molar-refractivity contribution is 6.31. The van der Waals surface area contributed by atoms with Gasteiger partial charge in [-0.3, -0.25) is 10.1 Å². The molecule has 0 spiro atoms. The van der Waals surface area contributed by atoms with Gasteiger partial charge in [-0.25, -0.2) is 4.98 Å². The highest BCUT2D eigenvalue weighted by Crippen LogP contribution is 2.28. The van der Waals surface area contributed by atoms with E-state index in [2.05, 4.69) is 10.3 Å². The summed E-state index contributed by atoms with van der Waals surface area (Å²) in [6, 6.07) is 4.28. The number of ether oxygens (including phenoxy) is 1. The minimum atomic E-state index is -0.501. The second-order valence-corrected chi connectivity index (χ2v) is 4.68. The van der Waals surface area contributed by atoms with Crippen LogP contribution in [0.3, 0.4) is 0 Å². The molecular weight excluding hydrogens is 298 g/mol. The van der Waals surface area contributed by atoms with E-state index in [0.717, 1.165) is 0 Å². The lowest BCUT2D eigenvalue weighted by molar-refractivity contribution is -0.384. The summed E-state index contributed by atoms with van der Waals surface area (Å²) in [5, 5.41) is 14.2. The number of benzene rings is 1. The molecule has 0 saturated heterocycles. The first-order chi connectivity index (χ1) is 10.1. The maximum Gasteiger partial charge on any atom is 0.271 e. The molecule has 0 aliphatic rings. The van der Waals surface area contributed by atoms with Crippen molar-refractivity contribution in [3.63, 3.8) is 0 Å². The minimum Gasteiger partial charge on any atom is -0.439 e. The molecule has 1 aromatic heterocycles. The van der Waals surface area contributed by atoms with Crippen molar-refractivity contribution in [2.45, 2.75) is 6.54 Å². The zero-order valence-corrected chi connectivity index (χ0v) is 12.1. The SMILES string of the molecule is COCCNCc1ncc(-c2cc(Cl)cc([N+](=O)[O-])c2)o1. The zero-order chi connectivity index (χ0) is 15.2. The molecule has 0 atom stereocenters. The average molecular weight is 312 g/mol. The maximum atomic E-state index is 10.8. The number of rotatable bonds is 7. The van der Waals surface area contributed by atoms with Gasteiger partial charge in [0.15, 0.2) is 5.76 Å². The Bertz CT molecular complexity index is 630. The number of aromatic nitrogens is 1. The van der Waals surface area contributed by atoms with E-state index in [1.54, 1.807) is 13.2 Å². The van der Waals surface area contributed by atoms with E-state index >= 15 is 0 Å². The van der Waals surface area contributed by atoms with Crippen molar-refractivity contribution in [2.75, 3.05) is 20.3 Å². The van der Waals surface area contributed by atoms with Gasteiger partial charge in [-0.15, -0.1) is 0 Å². The largest absolute Gasteiger partial charge is 0.439 e. The van der Waals surface area contributed by atoms with Crippen molar-refractivity contribution in [3.05, 3.63) is 45.4 Å². The number of oxazole rings is 1.